The number of benzene rings is 1. The lowest BCUT2D eigenvalue weighted by Gasteiger charge is -2.16. The van der Waals surface area contributed by atoms with Crippen molar-refractivity contribution in [3.05, 3.63) is 51.7 Å². The van der Waals surface area contributed by atoms with Gasteiger partial charge in [0, 0.05) is 10.8 Å². The van der Waals surface area contributed by atoms with E-state index in [2.05, 4.69) is 9.84 Å². The van der Waals surface area contributed by atoms with Crippen LogP contribution in [0.25, 0.3) is 0 Å². The second kappa shape index (κ2) is 7.77. The lowest BCUT2D eigenvalue weighted by Crippen LogP contribution is -2.37. The summed E-state index contributed by atoms with van der Waals surface area (Å²) in [7, 11) is -3.26. The molecule has 1 heterocycles. The standard InChI is InChI=1S/C15H13N5O4S2/c1-24-14(21)12-8-25-9-13(12)26(22,23)20(15(17)18)19-7-11-4-2-10(6-16)3-5-11/h2-5,7-9H,1H3,(H3,17,18)/b19-7+. The summed E-state index contributed by atoms with van der Waals surface area (Å²) in [6.07, 6.45) is 1.17. The van der Waals surface area contributed by atoms with Crippen LogP contribution < -0.4 is 5.73 Å². The number of esters is 1. The van der Waals surface area contributed by atoms with Gasteiger partial charge < -0.3 is 10.5 Å². The monoisotopic (exact) mass is 391 g/mol. The zero-order chi connectivity index (χ0) is 19.3. The van der Waals surface area contributed by atoms with Crippen LogP contribution in [0.3, 0.4) is 0 Å². The Morgan fingerprint density at radius 1 is 1.38 bits per heavy atom. The molecular weight excluding hydrogens is 378 g/mol. The van der Waals surface area contributed by atoms with E-state index in [0.717, 1.165) is 18.4 Å². The molecule has 1 aromatic carbocycles. The Labute approximate surface area is 153 Å². The summed E-state index contributed by atoms with van der Waals surface area (Å²) >= 11 is 0.984. The summed E-state index contributed by atoms with van der Waals surface area (Å²) in [4.78, 5) is 11.4. The van der Waals surface area contributed by atoms with E-state index in [9.17, 15) is 13.2 Å². The lowest BCUT2D eigenvalue weighted by atomic mass is 10.2. The number of carbonyl (C=O) groups excluding carboxylic acids is 1. The molecule has 0 amide bonds. The molecule has 0 aliphatic carbocycles. The van der Waals surface area contributed by atoms with Crippen LogP contribution in [0.5, 0.6) is 0 Å². The molecule has 0 aliphatic rings. The normalized spacial score (nSPS) is 11.1. The number of nitriles is 1. The largest absolute Gasteiger partial charge is 0.465 e. The molecule has 0 saturated heterocycles. The van der Waals surface area contributed by atoms with Crippen molar-refractivity contribution in [2.45, 2.75) is 4.90 Å². The fourth-order valence-corrected chi connectivity index (χ4v) is 4.30. The fraction of sp³-hybridized carbons (Fsp3) is 0.0667. The van der Waals surface area contributed by atoms with Crippen LogP contribution in [-0.4, -0.2) is 38.1 Å². The third-order valence-corrected chi connectivity index (χ3v) is 5.63. The van der Waals surface area contributed by atoms with Gasteiger partial charge in [0.2, 0.25) is 5.96 Å². The topological polar surface area (TPSA) is 150 Å². The first-order chi connectivity index (χ1) is 12.3. The Morgan fingerprint density at radius 2 is 2.04 bits per heavy atom. The summed E-state index contributed by atoms with van der Waals surface area (Å²) < 4.78 is 30.4. The van der Waals surface area contributed by atoms with Gasteiger partial charge in [-0.2, -0.15) is 30.1 Å². The molecule has 134 valence electrons. The van der Waals surface area contributed by atoms with Crippen molar-refractivity contribution in [2.24, 2.45) is 10.8 Å². The van der Waals surface area contributed by atoms with Crippen LogP contribution in [0.1, 0.15) is 21.5 Å². The van der Waals surface area contributed by atoms with Crippen LogP contribution in [0.2, 0.25) is 0 Å². The molecule has 0 unspecified atom stereocenters. The van der Waals surface area contributed by atoms with E-state index in [1.165, 1.54) is 29.1 Å². The summed E-state index contributed by atoms with van der Waals surface area (Å²) in [6, 6.07) is 8.12. The van der Waals surface area contributed by atoms with E-state index in [-0.39, 0.29) is 10.5 Å². The molecule has 0 aliphatic heterocycles. The minimum absolute atomic E-state index is 0.169. The van der Waals surface area contributed by atoms with Gasteiger partial charge in [-0.25, -0.2) is 4.79 Å². The number of nitrogens with zero attached hydrogens (tertiary/aromatic N) is 3. The number of sulfonamides is 1. The number of thiophene rings is 1. The van der Waals surface area contributed by atoms with Gasteiger partial charge in [0.1, 0.15) is 4.90 Å². The Balaban J connectivity index is 2.41. The van der Waals surface area contributed by atoms with E-state index in [0.29, 0.717) is 15.5 Å². The lowest BCUT2D eigenvalue weighted by molar-refractivity contribution is 0.0597. The van der Waals surface area contributed by atoms with Gasteiger partial charge in [-0.05, 0) is 17.7 Å². The fourth-order valence-electron chi connectivity index (χ4n) is 1.85. The van der Waals surface area contributed by atoms with Crippen LogP contribution in [0.4, 0.5) is 0 Å². The van der Waals surface area contributed by atoms with Gasteiger partial charge >= 0.3 is 5.97 Å². The number of rotatable bonds is 5. The third kappa shape index (κ3) is 3.88. The number of methoxy groups -OCH3 is 1. The first kappa shape index (κ1) is 19.1. The van der Waals surface area contributed by atoms with Crippen LogP contribution >= 0.6 is 11.3 Å². The van der Waals surface area contributed by atoms with E-state index in [4.69, 9.17) is 16.4 Å². The predicted molar refractivity (Wildman–Crippen MR) is 95.3 cm³/mol. The van der Waals surface area contributed by atoms with Crippen molar-refractivity contribution in [3.63, 3.8) is 0 Å². The van der Waals surface area contributed by atoms with E-state index < -0.39 is 22.0 Å². The number of carbonyl (C=O) groups is 1. The van der Waals surface area contributed by atoms with Crippen molar-refractivity contribution in [2.75, 3.05) is 7.11 Å². The van der Waals surface area contributed by atoms with Crippen molar-refractivity contribution >= 4 is 39.5 Å². The van der Waals surface area contributed by atoms with Crippen LogP contribution in [-0.2, 0) is 14.8 Å². The summed E-state index contributed by atoms with van der Waals surface area (Å²) in [6.45, 7) is 0. The maximum absolute atomic E-state index is 12.7. The second-order valence-electron chi connectivity index (χ2n) is 4.75. The number of ether oxygens (including phenoxy) is 1. The molecule has 9 nitrogen and oxygen atoms in total. The Kier molecular flexibility index (Phi) is 5.71. The van der Waals surface area contributed by atoms with Gasteiger partial charge in [0.25, 0.3) is 10.0 Å². The first-order valence-electron chi connectivity index (χ1n) is 6.89. The van der Waals surface area contributed by atoms with E-state index >= 15 is 0 Å². The van der Waals surface area contributed by atoms with Gasteiger partial charge in [-0.15, -0.1) is 4.41 Å². The van der Waals surface area contributed by atoms with Gasteiger partial charge in [0.15, 0.2) is 0 Å². The van der Waals surface area contributed by atoms with Crippen LogP contribution in [0.15, 0.2) is 45.0 Å². The minimum atomic E-state index is -4.38. The maximum atomic E-state index is 12.7. The highest BCUT2D eigenvalue weighted by Crippen LogP contribution is 2.25. The average molecular weight is 391 g/mol. The zero-order valence-electron chi connectivity index (χ0n) is 13.4. The summed E-state index contributed by atoms with van der Waals surface area (Å²) in [5, 5.41) is 22.6. The Morgan fingerprint density at radius 3 is 2.58 bits per heavy atom. The highest BCUT2D eigenvalue weighted by molar-refractivity contribution is 7.89. The zero-order valence-corrected chi connectivity index (χ0v) is 15.0. The molecule has 2 rings (SSSR count). The molecule has 0 radical (unpaired) electrons. The van der Waals surface area contributed by atoms with E-state index in [1.54, 1.807) is 12.1 Å². The molecule has 26 heavy (non-hydrogen) atoms. The molecule has 0 bridgehead atoms. The molecule has 0 spiro atoms. The third-order valence-electron chi connectivity index (χ3n) is 3.09. The van der Waals surface area contributed by atoms with Crippen LogP contribution in [0, 0.1) is 16.7 Å². The van der Waals surface area contributed by atoms with Crippen molar-refractivity contribution in [1.29, 1.82) is 10.7 Å². The number of guanidine groups is 1. The Hall–Kier alpha value is -3.23. The Bertz CT molecular complexity index is 1000. The van der Waals surface area contributed by atoms with Crippen molar-refractivity contribution in [1.82, 2.24) is 4.41 Å². The van der Waals surface area contributed by atoms with Crippen molar-refractivity contribution < 1.29 is 17.9 Å². The second-order valence-corrected chi connectivity index (χ2v) is 7.23. The molecule has 1 aromatic heterocycles. The number of nitrogens with one attached hydrogen (secondary N) is 1. The highest BCUT2D eigenvalue weighted by Gasteiger charge is 2.31. The molecule has 11 heteroatoms. The first-order valence-corrected chi connectivity index (χ1v) is 9.27. The molecule has 3 N–H and O–H groups in total. The smallest absolute Gasteiger partial charge is 0.340 e. The highest BCUT2D eigenvalue weighted by atomic mass is 32.2. The summed E-state index contributed by atoms with van der Waals surface area (Å²) in [5.41, 5.74) is 6.11. The number of hydrazone groups is 1. The van der Waals surface area contributed by atoms with Gasteiger partial charge in [0.05, 0.1) is 30.5 Å². The average Bonchev–Trinajstić information content (AvgIpc) is 3.12. The quantitative estimate of drug-likeness (QED) is 0.340. The van der Waals surface area contributed by atoms with Crippen molar-refractivity contribution in [3.8, 4) is 6.07 Å². The van der Waals surface area contributed by atoms with Gasteiger partial charge in [-0.1, -0.05) is 12.1 Å². The maximum Gasteiger partial charge on any atom is 0.340 e. The summed E-state index contributed by atoms with van der Waals surface area (Å²) in [5.74, 6) is -1.68. The molecule has 2 aromatic rings. The molecule has 0 fully saturated rings. The predicted octanol–water partition coefficient (Wildman–Crippen LogP) is 1.32. The number of nitrogens with two attached hydrogens (primary N) is 1. The number of hydrogen-bond donors (Lipinski definition) is 2. The minimum Gasteiger partial charge on any atom is -0.465 e. The molecular formula is C15H13N5O4S2. The van der Waals surface area contributed by atoms with E-state index in [1.807, 2.05) is 6.07 Å². The van der Waals surface area contributed by atoms with Gasteiger partial charge in [-0.3, -0.25) is 5.41 Å². The SMILES string of the molecule is COC(=O)c1cscc1S(=O)(=O)N(/N=C/c1ccc(C#N)cc1)C(=N)N. The number of hydrogen-bond acceptors (Lipinski definition) is 8. The molecule has 0 saturated carbocycles. The molecule has 0 atom stereocenters.